The molecule has 0 aliphatic heterocycles. The molecule has 1 amide bonds. The summed E-state index contributed by atoms with van der Waals surface area (Å²) in [5.74, 6) is 0.813. The van der Waals surface area contributed by atoms with Crippen LogP contribution in [0.2, 0.25) is 0 Å². The molecule has 2 rings (SSSR count). The van der Waals surface area contributed by atoms with Crippen molar-refractivity contribution in [1.82, 2.24) is 15.5 Å². The van der Waals surface area contributed by atoms with Gasteiger partial charge in [-0.3, -0.25) is 4.79 Å². The van der Waals surface area contributed by atoms with Gasteiger partial charge in [-0.1, -0.05) is 57.2 Å². The van der Waals surface area contributed by atoms with Crippen LogP contribution < -0.4 is 10.6 Å². The average molecular weight is 537 g/mol. The molecule has 2 aromatic rings. The van der Waals surface area contributed by atoms with E-state index < -0.39 is 0 Å². The molecule has 0 aliphatic carbocycles. The number of carbonyl (C=O) groups excluding carboxylic acids is 1. The Balaban J connectivity index is 0.00000480. The molecule has 6 heteroatoms. The highest BCUT2D eigenvalue weighted by Crippen LogP contribution is 2.22. The molecule has 0 saturated carbocycles. The Morgan fingerprint density at radius 1 is 0.935 bits per heavy atom. The van der Waals surface area contributed by atoms with Gasteiger partial charge in [0.15, 0.2) is 5.96 Å². The molecule has 0 saturated heterocycles. The lowest BCUT2D eigenvalue weighted by atomic mass is 9.86. The Hall–Kier alpha value is -2.09. The summed E-state index contributed by atoms with van der Waals surface area (Å²) in [4.78, 5) is 18.2. The zero-order chi connectivity index (χ0) is 22.1. The van der Waals surface area contributed by atoms with E-state index in [9.17, 15) is 4.79 Å². The van der Waals surface area contributed by atoms with E-state index in [1.54, 1.807) is 19.0 Å². The monoisotopic (exact) mass is 536 g/mol. The maximum atomic E-state index is 12.0. The molecule has 0 radical (unpaired) electrons. The van der Waals surface area contributed by atoms with Crippen LogP contribution in [0.1, 0.15) is 54.7 Å². The Bertz CT molecular complexity index is 837. The summed E-state index contributed by atoms with van der Waals surface area (Å²) in [7, 11) is 3.52. The third kappa shape index (κ3) is 8.89. The van der Waals surface area contributed by atoms with E-state index in [-0.39, 0.29) is 35.3 Å². The van der Waals surface area contributed by atoms with Gasteiger partial charge in [0.05, 0.1) is 6.54 Å². The fourth-order valence-corrected chi connectivity index (χ4v) is 3.02. The number of aliphatic imine (C=N–C) groups is 1. The van der Waals surface area contributed by atoms with E-state index in [2.05, 4.69) is 67.6 Å². The third-order valence-corrected chi connectivity index (χ3v) is 4.90. The fourth-order valence-electron chi connectivity index (χ4n) is 3.02. The van der Waals surface area contributed by atoms with Gasteiger partial charge >= 0.3 is 0 Å². The summed E-state index contributed by atoms with van der Waals surface area (Å²) >= 11 is 0. The van der Waals surface area contributed by atoms with Gasteiger partial charge in [-0.2, -0.15) is 0 Å². The number of benzene rings is 2. The summed E-state index contributed by atoms with van der Waals surface area (Å²) in [6, 6.07) is 16.5. The highest BCUT2D eigenvalue weighted by molar-refractivity contribution is 14.0. The molecular weight excluding hydrogens is 499 g/mol. The minimum Gasteiger partial charge on any atom is -0.357 e. The highest BCUT2D eigenvalue weighted by Gasteiger charge is 2.12. The highest BCUT2D eigenvalue weighted by atomic mass is 127. The average Bonchev–Trinajstić information content (AvgIpc) is 2.71. The number of rotatable bonds is 7. The van der Waals surface area contributed by atoms with Gasteiger partial charge < -0.3 is 15.5 Å². The van der Waals surface area contributed by atoms with E-state index >= 15 is 0 Å². The number of halogens is 1. The van der Waals surface area contributed by atoms with Crippen LogP contribution in [-0.2, 0) is 18.4 Å². The minimum absolute atomic E-state index is 0. The predicted octanol–water partition coefficient (Wildman–Crippen LogP) is 4.60. The van der Waals surface area contributed by atoms with Gasteiger partial charge in [0, 0.05) is 32.7 Å². The molecule has 0 spiro atoms. The van der Waals surface area contributed by atoms with Gasteiger partial charge in [-0.05, 0) is 47.6 Å². The maximum absolute atomic E-state index is 12.0. The van der Waals surface area contributed by atoms with Crippen LogP contribution in [0.15, 0.2) is 53.5 Å². The summed E-state index contributed by atoms with van der Waals surface area (Å²) in [5.41, 5.74) is 4.61. The lowest BCUT2D eigenvalue weighted by Gasteiger charge is -2.19. The molecular formula is C25H37IN4O. The Labute approximate surface area is 204 Å². The number of nitrogens with one attached hydrogen (secondary N) is 2. The second-order valence-electron chi connectivity index (χ2n) is 8.72. The molecule has 0 atom stereocenters. The van der Waals surface area contributed by atoms with Crippen molar-refractivity contribution in [2.45, 2.75) is 46.1 Å². The first-order valence-electron chi connectivity index (χ1n) is 10.6. The molecule has 2 N–H and O–H groups in total. The second kappa shape index (κ2) is 12.7. The first-order valence-corrected chi connectivity index (χ1v) is 10.6. The van der Waals surface area contributed by atoms with Crippen molar-refractivity contribution in [1.29, 1.82) is 0 Å². The molecule has 0 unspecified atom stereocenters. The first-order chi connectivity index (χ1) is 14.2. The lowest BCUT2D eigenvalue weighted by Crippen LogP contribution is -2.38. The zero-order valence-electron chi connectivity index (χ0n) is 19.7. The summed E-state index contributed by atoms with van der Waals surface area (Å²) in [5, 5.41) is 6.70. The number of carbonyl (C=O) groups is 1. The number of guanidine groups is 1. The molecule has 31 heavy (non-hydrogen) atoms. The van der Waals surface area contributed by atoms with Crippen molar-refractivity contribution in [3.8, 4) is 0 Å². The predicted molar refractivity (Wildman–Crippen MR) is 142 cm³/mol. The standard InChI is InChI=1S/C25H36N4O.HI/c1-7-26-24(27-17-16-19-10-14-22(15-11-19)25(2,3)4)28-18-20-8-12-21(13-9-20)23(30)29(5)6;/h8-15H,7,16-18H2,1-6H3,(H2,26,27,28);1H. The van der Waals surface area contributed by atoms with E-state index in [1.807, 2.05) is 24.3 Å². The van der Waals surface area contributed by atoms with E-state index in [4.69, 9.17) is 0 Å². The molecule has 0 bridgehead atoms. The van der Waals surface area contributed by atoms with Crippen molar-refractivity contribution in [2.75, 3.05) is 27.2 Å². The molecule has 0 heterocycles. The largest absolute Gasteiger partial charge is 0.357 e. The van der Waals surface area contributed by atoms with Crippen molar-refractivity contribution in [3.05, 3.63) is 70.8 Å². The van der Waals surface area contributed by atoms with Gasteiger partial charge in [-0.15, -0.1) is 24.0 Å². The summed E-state index contributed by atoms with van der Waals surface area (Å²) < 4.78 is 0. The summed E-state index contributed by atoms with van der Waals surface area (Å²) in [6.45, 7) is 10.9. The first kappa shape index (κ1) is 26.9. The Morgan fingerprint density at radius 2 is 1.52 bits per heavy atom. The van der Waals surface area contributed by atoms with Gasteiger partial charge in [0.2, 0.25) is 0 Å². The number of hydrogen-bond donors (Lipinski definition) is 2. The molecule has 2 aromatic carbocycles. The fraction of sp³-hybridized carbons (Fsp3) is 0.440. The van der Waals surface area contributed by atoms with Crippen LogP contribution in [0.3, 0.4) is 0 Å². The topological polar surface area (TPSA) is 56.7 Å². The van der Waals surface area contributed by atoms with Gasteiger partial charge in [0.1, 0.15) is 0 Å². The van der Waals surface area contributed by atoms with Crippen LogP contribution in [0.25, 0.3) is 0 Å². The Kier molecular flexibility index (Phi) is 11.0. The maximum Gasteiger partial charge on any atom is 0.253 e. The van der Waals surface area contributed by atoms with Crippen molar-refractivity contribution >= 4 is 35.8 Å². The molecule has 0 aliphatic rings. The zero-order valence-corrected chi connectivity index (χ0v) is 22.0. The van der Waals surface area contributed by atoms with Crippen LogP contribution in [-0.4, -0.2) is 44.0 Å². The minimum atomic E-state index is 0. The third-order valence-electron chi connectivity index (χ3n) is 4.90. The van der Waals surface area contributed by atoms with E-state index in [0.29, 0.717) is 12.1 Å². The lowest BCUT2D eigenvalue weighted by molar-refractivity contribution is 0.0827. The van der Waals surface area contributed by atoms with Crippen molar-refractivity contribution in [2.24, 2.45) is 4.99 Å². The van der Waals surface area contributed by atoms with E-state index in [1.165, 1.54) is 11.1 Å². The van der Waals surface area contributed by atoms with Crippen molar-refractivity contribution < 1.29 is 4.79 Å². The summed E-state index contributed by atoms with van der Waals surface area (Å²) in [6.07, 6.45) is 0.941. The van der Waals surface area contributed by atoms with Crippen LogP contribution in [0.4, 0.5) is 0 Å². The normalized spacial score (nSPS) is 11.5. The number of hydrogen-bond acceptors (Lipinski definition) is 2. The quantitative estimate of drug-likeness (QED) is 0.309. The van der Waals surface area contributed by atoms with Crippen LogP contribution in [0.5, 0.6) is 0 Å². The van der Waals surface area contributed by atoms with Crippen LogP contribution in [0, 0.1) is 0 Å². The van der Waals surface area contributed by atoms with Gasteiger partial charge in [0.25, 0.3) is 5.91 Å². The number of amides is 1. The molecule has 5 nitrogen and oxygen atoms in total. The number of nitrogens with zero attached hydrogens (tertiary/aromatic N) is 2. The van der Waals surface area contributed by atoms with Crippen LogP contribution >= 0.6 is 24.0 Å². The smallest absolute Gasteiger partial charge is 0.253 e. The molecule has 0 aromatic heterocycles. The van der Waals surface area contributed by atoms with Gasteiger partial charge in [-0.25, -0.2) is 4.99 Å². The molecule has 0 fully saturated rings. The van der Waals surface area contributed by atoms with Crippen molar-refractivity contribution in [3.63, 3.8) is 0 Å². The SMILES string of the molecule is CCNC(=NCc1ccc(C(=O)N(C)C)cc1)NCCc1ccc(C(C)(C)C)cc1.I. The Morgan fingerprint density at radius 3 is 2.03 bits per heavy atom. The molecule has 170 valence electrons. The van der Waals surface area contributed by atoms with E-state index in [0.717, 1.165) is 31.0 Å². The second-order valence-corrected chi connectivity index (χ2v) is 8.72.